The van der Waals surface area contributed by atoms with Crippen LogP contribution in [0.25, 0.3) is 0 Å². The number of anilines is 1. The number of aryl methyl sites for hydroxylation is 4. The molecule has 0 aliphatic rings. The van der Waals surface area contributed by atoms with Crippen molar-refractivity contribution in [3.05, 3.63) is 63.4 Å². The van der Waals surface area contributed by atoms with Crippen LogP contribution in [-0.2, 0) is 24.7 Å². The van der Waals surface area contributed by atoms with Crippen molar-refractivity contribution in [2.24, 2.45) is 7.05 Å². The Bertz CT molecular complexity index is 1070. The minimum Gasteiger partial charge on any atom is -0.496 e. The Kier molecular flexibility index (Phi) is 8.15. The maximum atomic E-state index is 12.3. The fourth-order valence-electron chi connectivity index (χ4n) is 3.28. The van der Waals surface area contributed by atoms with Gasteiger partial charge in [0.2, 0.25) is 5.91 Å². The van der Waals surface area contributed by atoms with Gasteiger partial charge in [-0.1, -0.05) is 39.8 Å². The fourth-order valence-corrected chi connectivity index (χ4v) is 4.26. The van der Waals surface area contributed by atoms with Crippen LogP contribution in [0.5, 0.6) is 5.75 Å². The van der Waals surface area contributed by atoms with E-state index < -0.39 is 0 Å². The minimum atomic E-state index is -0.0638. The maximum absolute atomic E-state index is 12.3. The molecule has 31 heavy (non-hydrogen) atoms. The molecule has 1 amide bonds. The van der Waals surface area contributed by atoms with E-state index in [1.165, 1.54) is 17.3 Å². The molecule has 3 rings (SSSR count). The Labute approximate surface area is 195 Å². The van der Waals surface area contributed by atoms with Gasteiger partial charge in [-0.15, -0.1) is 10.2 Å². The lowest BCUT2D eigenvalue weighted by atomic mass is 10.0. The Hall–Kier alpha value is -2.32. The average molecular weight is 503 g/mol. The predicted molar refractivity (Wildman–Crippen MR) is 129 cm³/mol. The number of rotatable bonds is 9. The van der Waals surface area contributed by atoms with Gasteiger partial charge in [0.25, 0.3) is 0 Å². The third-order valence-corrected chi connectivity index (χ3v) is 6.93. The molecule has 0 radical (unpaired) electrons. The average Bonchev–Trinajstić information content (AvgIpc) is 3.09. The molecule has 0 aliphatic heterocycles. The monoisotopic (exact) mass is 502 g/mol. The summed E-state index contributed by atoms with van der Waals surface area (Å²) in [4.78, 5) is 12.3. The fraction of sp³-hybridized carbons (Fsp3) is 0.348. The van der Waals surface area contributed by atoms with E-state index in [0.717, 1.165) is 57.3 Å². The molecule has 0 saturated heterocycles. The first-order valence-electron chi connectivity index (χ1n) is 10.1. The number of hydrogen-bond acceptors (Lipinski definition) is 5. The SMILES string of the molecule is COc1ccc(CCCc2nnc(SCC(=O)Nc3ccc(Br)c(C)c3)n2C)cc1C. The summed E-state index contributed by atoms with van der Waals surface area (Å²) in [6.07, 6.45) is 2.78. The van der Waals surface area contributed by atoms with Crippen LogP contribution in [0.4, 0.5) is 5.69 Å². The molecule has 0 aliphatic carbocycles. The molecule has 0 saturated carbocycles. The van der Waals surface area contributed by atoms with E-state index in [2.05, 4.69) is 50.5 Å². The molecule has 0 fully saturated rings. The van der Waals surface area contributed by atoms with Crippen LogP contribution in [-0.4, -0.2) is 33.5 Å². The number of halogens is 1. The highest BCUT2D eigenvalue weighted by atomic mass is 79.9. The Morgan fingerprint density at radius 3 is 2.65 bits per heavy atom. The molecule has 3 aromatic rings. The first-order valence-corrected chi connectivity index (χ1v) is 11.9. The van der Waals surface area contributed by atoms with Crippen molar-refractivity contribution in [3.63, 3.8) is 0 Å². The van der Waals surface area contributed by atoms with Crippen molar-refractivity contribution in [3.8, 4) is 5.75 Å². The molecular weight excluding hydrogens is 476 g/mol. The summed E-state index contributed by atoms with van der Waals surface area (Å²) in [6.45, 7) is 4.05. The number of benzene rings is 2. The molecule has 0 unspecified atom stereocenters. The van der Waals surface area contributed by atoms with Crippen molar-refractivity contribution in [2.75, 3.05) is 18.2 Å². The number of thioether (sulfide) groups is 1. The van der Waals surface area contributed by atoms with E-state index in [1.54, 1.807) is 7.11 Å². The van der Waals surface area contributed by atoms with Crippen LogP contribution in [0.3, 0.4) is 0 Å². The number of ether oxygens (including phenoxy) is 1. The lowest BCUT2D eigenvalue weighted by molar-refractivity contribution is -0.113. The smallest absolute Gasteiger partial charge is 0.234 e. The Morgan fingerprint density at radius 2 is 1.94 bits per heavy atom. The molecule has 2 aromatic carbocycles. The molecule has 1 aromatic heterocycles. The maximum Gasteiger partial charge on any atom is 0.234 e. The van der Waals surface area contributed by atoms with Gasteiger partial charge in [-0.05, 0) is 67.6 Å². The number of nitrogens with one attached hydrogen (secondary N) is 1. The van der Waals surface area contributed by atoms with Gasteiger partial charge in [0, 0.05) is 23.6 Å². The van der Waals surface area contributed by atoms with E-state index in [4.69, 9.17) is 4.74 Å². The highest BCUT2D eigenvalue weighted by molar-refractivity contribution is 9.10. The van der Waals surface area contributed by atoms with Gasteiger partial charge in [-0.25, -0.2) is 0 Å². The highest BCUT2D eigenvalue weighted by Crippen LogP contribution is 2.22. The zero-order chi connectivity index (χ0) is 22.4. The second-order valence-electron chi connectivity index (χ2n) is 7.42. The molecule has 164 valence electrons. The third kappa shape index (κ3) is 6.33. The summed E-state index contributed by atoms with van der Waals surface area (Å²) >= 11 is 4.86. The molecule has 0 spiro atoms. The van der Waals surface area contributed by atoms with Crippen molar-refractivity contribution >= 4 is 39.3 Å². The van der Waals surface area contributed by atoms with E-state index in [-0.39, 0.29) is 11.7 Å². The summed E-state index contributed by atoms with van der Waals surface area (Å²) in [5.41, 5.74) is 4.30. The van der Waals surface area contributed by atoms with Crippen LogP contribution in [0, 0.1) is 13.8 Å². The summed E-state index contributed by atoms with van der Waals surface area (Å²) < 4.78 is 8.32. The van der Waals surface area contributed by atoms with Gasteiger partial charge >= 0.3 is 0 Å². The van der Waals surface area contributed by atoms with Gasteiger partial charge in [0.1, 0.15) is 11.6 Å². The number of aromatic nitrogens is 3. The van der Waals surface area contributed by atoms with Gasteiger partial charge in [-0.3, -0.25) is 4.79 Å². The van der Waals surface area contributed by atoms with Crippen molar-refractivity contribution < 1.29 is 9.53 Å². The summed E-state index contributed by atoms with van der Waals surface area (Å²) in [7, 11) is 3.64. The Balaban J connectivity index is 1.48. The number of methoxy groups -OCH3 is 1. The number of carbonyl (C=O) groups excluding carboxylic acids is 1. The number of carbonyl (C=O) groups is 1. The van der Waals surface area contributed by atoms with E-state index in [1.807, 2.05) is 42.8 Å². The molecule has 1 N–H and O–H groups in total. The first-order chi connectivity index (χ1) is 14.9. The zero-order valence-electron chi connectivity index (χ0n) is 18.2. The summed E-state index contributed by atoms with van der Waals surface area (Å²) in [5, 5.41) is 12.2. The number of amides is 1. The molecule has 6 nitrogen and oxygen atoms in total. The van der Waals surface area contributed by atoms with E-state index in [0.29, 0.717) is 0 Å². The van der Waals surface area contributed by atoms with E-state index in [9.17, 15) is 4.79 Å². The number of nitrogens with zero attached hydrogens (tertiary/aromatic N) is 3. The van der Waals surface area contributed by atoms with Gasteiger partial charge < -0.3 is 14.6 Å². The largest absolute Gasteiger partial charge is 0.496 e. The standard InChI is InChI=1S/C23H27BrN4O2S/c1-15-13-18(9-10-19(15)24)25-22(29)14-31-23-27-26-21(28(23)3)7-5-6-17-8-11-20(30-4)16(2)12-17/h8-13H,5-7,14H2,1-4H3,(H,25,29). The van der Waals surface area contributed by atoms with Crippen LogP contribution in [0.15, 0.2) is 46.0 Å². The van der Waals surface area contributed by atoms with Crippen LogP contribution < -0.4 is 10.1 Å². The van der Waals surface area contributed by atoms with Crippen molar-refractivity contribution in [1.82, 2.24) is 14.8 Å². The molecule has 8 heteroatoms. The first kappa shape index (κ1) is 23.3. The molecule has 0 bridgehead atoms. The van der Waals surface area contributed by atoms with Crippen LogP contribution in [0.1, 0.15) is 28.9 Å². The second-order valence-corrected chi connectivity index (χ2v) is 9.21. The zero-order valence-corrected chi connectivity index (χ0v) is 20.6. The molecular formula is C23H27BrN4O2S. The number of hydrogen-bond donors (Lipinski definition) is 1. The van der Waals surface area contributed by atoms with Crippen LogP contribution in [0.2, 0.25) is 0 Å². The van der Waals surface area contributed by atoms with Gasteiger partial charge in [0.15, 0.2) is 5.16 Å². The topological polar surface area (TPSA) is 69.0 Å². The lowest BCUT2D eigenvalue weighted by Gasteiger charge is -2.08. The van der Waals surface area contributed by atoms with E-state index >= 15 is 0 Å². The van der Waals surface area contributed by atoms with Gasteiger partial charge in [0.05, 0.1) is 12.9 Å². The Morgan fingerprint density at radius 1 is 1.13 bits per heavy atom. The van der Waals surface area contributed by atoms with Crippen LogP contribution >= 0.6 is 27.7 Å². The van der Waals surface area contributed by atoms with Crippen molar-refractivity contribution in [2.45, 2.75) is 38.3 Å². The molecule has 1 heterocycles. The summed E-state index contributed by atoms with van der Waals surface area (Å²) in [6, 6.07) is 12.0. The lowest BCUT2D eigenvalue weighted by Crippen LogP contribution is -2.14. The predicted octanol–water partition coefficient (Wildman–Crippen LogP) is 5.11. The minimum absolute atomic E-state index is 0.0638. The highest BCUT2D eigenvalue weighted by Gasteiger charge is 2.12. The summed E-state index contributed by atoms with van der Waals surface area (Å²) in [5.74, 6) is 2.06. The van der Waals surface area contributed by atoms with Crippen molar-refractivity contribution in [1.29, 1.82) is 0 Å². The van der Waals surface area contributed by atoms with Gasteiger partial charge in [-0.2, -0.15) is 0 Å². The second kappa shape index (κ2) is 10.8. The normalized spacial score (nSPS) is 10.9. The third-order valence-electron chi connectivity index (χ3n) is 5.02. The quantitative estimate of drug-likeness (QED) is 0.411. The molecule has 0 atom stereocenters.